The third kappa shape index (κ3) is 4.05. The Morgan fingerprint density at radius 3 is 3.06 bits per heavy atom. The van der Waals surface area contributed by atoms with E-state index in [9.17, 15) is 0 Å². The molecule has 0 aromatic carbocycles. The number of thiophene rings is 1. The summed E-state index contributed by atoms with van der Waals surface area (Å²) in [6, 6.07) is 2.88. The van der Waals surface area contributed by atoms with Crippen molar-refractivity contribution in [3.05, 3.63) is 21.9 Å². The Morgan fingerprint density at radius 1 is 1.56 bits per heavy atom. The first kappa shape index (κ1) is 14.0. The highest BCUT2D eigenvalue weighted by Crippen LogP contribution is 2.17. The summed E-state index contributed by atoms with van der Waals surface area (Å²) in [5.74, 6) is 0. The molecule has 0 radical (unpaired) electrons. The third-order valence-electron chi connectivity index (χ3n) is 3.70. The van der Waals surface area contributed by atoms with E-state index in [1.165, 1.54) is 36.5 Å². The van der Waals surface area contributed by atoms with Crippen LogP contribution in [0.1, 0.15) is 16.9 Å². The van der Waals surface area contributed by atoms with E-state index in [1.54, 1.807) is 0 Å². The summed E-state index contributed by atoms with van der Waals surface area (Å²) >= 11 is 1.87. The van der Waals surface area contributed by atoms with E-state index in [4.69, 9.17) is 0 Å². The van der Waals surface area contributed by atoms with Gasteiger partial charge in [0, 0.05) is 37.1 Å². The Balaban J connectivity index is 1.71. The van der Waals surface area contributed by atoms with Gasteiger partial charge in [0.1, 0.15) is 0 Å². The van der Waals surface area contributed by atoms with Crippen molar-refractivity contribution in [2.24, 2.45) is 0 Å². The van der Waals surface area contributed by atoms with Crippen LogP contribution in [0, 0.1) is 6.92 Å². The molecule has 1 unspecified atom stereocenters. The van der Waals surface area contributed by atoms with E-state index in [0.717, 1.165) is 13.1 Å². The molecule has 1 fully saturated rings. The summed E-state index contributed by atoms with van der Waals surface area (Å²) in [6.07, 6.45) is 1.24. The fourth-order valence-electron chi connectivity index (χ4n) is 2.45. The number of rotatable bonds is 5. The molecule has 1 aliphatic rings. The number of hydrogen-bond donors (Lipinski definition) is 1. The number of likely N-dealkylation sites (N-methyl/N-ethyl adjacent to an activating group) is 1. The van der Waals surface area contributed by atoms with Crippen LogP contribution < -0.4 is 5.32 Å². The molecule has 1 atom stereocenters. The summed E-state index contributed by atoms with van der Waals surface area (Å²) in [5.41, 5.74) is 1.43. The number of piperazine rings is 1. The fourth-order valence-corrected chi connectivity index (χ4v) is 3.44. The predicted octanol–water partition coefficient (Wildman–Crippen LogP) is 1.78. The first-order chi connectivity index (χ1) is 8.65. The van der Waals surface area contributed by atoms with Crippen LogP contribution in [0.3, 0.4) is 0 Å². The summed E-state index contributed by atoms with van der Waals surface area (Å²) in [5, 5.41) is 5.80. The van der Waals surface area contributed by atoms with Crippen molar-refractivity contribution >= 4 is 11.3 Å². The third-order valence-corrected chi connectivity index (χ3v) is 4.71. The van der Waals surface area contributed by atoms with Crippen LogP contribution in [-0.4, -0.2) is 56.1 Å². The lowest BCUT2D eigenvalue weighted by Crippen LogP contribution is -2.49. The maximum atomic E-state index is 3.61. The molecule has 0 spiro atoms. The molecule has 1 saturated heterocycles. The van der Waals surface area contributed by atoms with Crippen molar-refractivity contribution in [1.82, 2.24) is 15.1 Å². The molecule has 0 amide bonds. The number of nitrogens with zero attached hydrogens (tertiary/aromatic N) is 2. The van der Waals surface area contributed by atoms with Gasteiger partial charge in [-0.25, -0.2) is 0 Å². The normalized spacial score (nSPS) is 21.7. The molecule has 4 heteroatoms. The highest BCUT2D eigenvalue weighted by atomic mass is 32.1. The maximum absolute atomic E-state index is 3.61. The summed E-state index contributed by atoms with van der Waals surface area (Å²) in [4.78, 5) is 6.37. The molecule has 0 bridgehead atoms. The van der Waals surface area contributed by atoms with Crippen LogP contribution in [0.5, 0.6) is 0 Å². The lowest BCUT2D eigenvalue weighted by atomic mass is 10.1. The summed E-state index contributed by atoms with van der Waals surface area (Å²) < 4.78 is 0. The lowest BCUT2D eigenvalue weighted by Gasteiger charge is -2.32. The molecule has 1 N–H and O–H groups in total. The second-order valence-electron chi connectivity index (χ2n) is 5.47. The molecule has 0 saturated carbocycles. The van der Waals surface area contributed by atoms with E-state index in [2.05, 4.69) is 47.6 Å². The first-order valence-corrected chi connectivity index (χ1v) is 7.66. The van der Waals surface area contributed by atoms with Gasteiger partial charge in [0.15, 0.2) is 0 Å². The average Bonchev–Trinajstić information content (AvgIpc) is 2.73. The van der Waals surface area contributed by atoms with Gasteiger partial charge >= 0.3 is 0 Å². The van der Waals surface area contributed by atoms with E-state index in [1.807, 2.05) is 11.3 Å². The van der Waals surface area contributed by atoms with Gasteiger partial charge in [0.25, 0.3) is 0 Å². The lowest BCUT2D eigenvalue weighted by molar-refractivity contribution is 0.213. The van der Waals surface area contributed by atoms with Crippen LogP contribution in [0.4, 0.5) is 0 Å². The van der Waals surface area contributed by atoms with Gasteiger partial charge in [-0.05, 0) is 51.0 Å². The van der Waals surface area contributed by atoms with Crippen molar-refractivity contribution in [3.8, 4) is 0 Å². The summed E-state index contributed by atoms with van der Waals surface area (Å²) in [6.45, 7) is 7.97. The van der Waals surface area contributed by atoms with Gasteiger partial charge in [-0.1, -0.05) is 0 Å². The van der Waals surface area contributed by atoms with Crippen molar-refractivity contribution in [2.45, 2.75) is 25.9 Å². The highest BCUT2D eigenvalue weighted by molar-refractivity contribution is 7.10. The van der Waals surface area contributed by atoms with Gasteiger partial charge in [0.2, 0.25) is 0 Å². The number of hydrogen-bond acceptors (Lipinski definition) is 4. The van der Waals surface area contributed by atoms with Gasteiger partial charge < -0.3 is 15.1 Å². The molecule has 3 nitrogen and oxygen atoms in total. The SMILES string of the molecule is Cc1ccsc1CN(C)CCC1CN(C)CCN1. The zero-order chi connectivity index (χ0) is 13.0. The molecular formula is C14H25N3S. The summed E-state index contributed by atoms with van der Waals surface area (Å²) in [7, 11) is 4.44. The quantitative estimate of drug-likeness (QED) is 0.877. The van der Waals surface area contributed by atoms with Crippen molar-refractivity contribution in [1.29, 1.82) is 0 Å². The number of aryl methyl sites for hydroxylation is 1. The first-order valence-electron chi connectivity index (χ1n) is 6.78. The van der Waals surface area contributed by atoms with Gasteiger partial charge in [0.05, 0.1) is 0 Å². The van der Waals surface area contributed by atoms with Gasteiger partial charge in [-0.3, -0.25) is 0 Å². The minimum atomic E-state index is 0.663. The zero-order valence-electron chi connectivity index (χ0n) is 11.8. The zero-order valence-corrected chi connectivity index (χ0v) is 12.6. The second-order valence-corrected chi connectivity index (χ2v) is 6.47. The average molecular weight is 267 g/mol. The van der Waals surface area contributed by atoms with Crippen molar-refractivity contribution in [3.63, 3.8) is 0 Å². The Kier molecular flexibility index (Phi) is 5.18. The van der Waals surface area contributed by atoms with Crippen molar-refractivity contribution < 1.29 is 0 Å². The standard InChI is InChI=1S/C14H25N3S/c1-12-5-9-18-14(12)11-16(2)7-4-13-10-17(3)8-6-15-13/h5,9,13,15H,4,6-8,10-11H2,1-3H3. The molecule has 18 heavy (non-hydrogen) atoms. The van der Waals surface area contributed by atoms with E-state index in [-0.39, 0.29) is 0 Å². The largest absolute Gasteiger partial charge is 0.311 e. The molecule has 0 aliphatic carbocycles. The molecule has 1 aliphatic heterocycles. The Hall–Kier alpha value is -0.420. The van der Waals surface area contributed by atoms with E-state index in [0.29, 0.717) is 6.04 Å². The Morgan fingerprint density at radius 2 is 2.39 bits per heavy atom. The van der Waals surface area contributed by atoms with Crippen LogP contribution in [0.2, 0.25) is 0 Å². The molecule has 2 heterocycles. The minimum absolute atomic E-state index is 0.663. The topological polar surface area (TPSA) is 18.5 Å². The van der Waals surface area contributed by atoms with Crippen LogP contribution >= 0.6 is 11.3 Å². The van der Waals surface area contributed by atoms with Crippen LogP contribution in [-0.2, 0) is 6.54 Å². The highest BCUT2D eigenvalue weighted by Gasteiger charge is 2.16. The second kappa shape index (κ2) is 6.66. The smallest absolute Gasteiger partial charge is 0.0327 e. The molecule has 1 aromatic heterocycles. The van der Waals surface area contributed by atoms with Crippen LogP contribution in [0.25, 0.3) is 0 Å². The van der Waals surface area contributed by atoms with Gasteiger partial charge in [-0.2, -0.15) is 0 Å². The van der Waals surface area contributed by atoms with Crippen molar-refractivity contribution in [2.75, 3.05) is 40.3 Å². The monoisotopic (exact) mass is 267 g/mol. The maximum Gasteiger partial charge on any atom is 0.0327 e. The molecule has 1 aromatic rings. The van der Waals surface area contributed by atoms with Gasteiger partial charge in [-0.15, -0.1) is 11.3 Å². The van der Waals surface area contributed by atoms with Crippen LogP contribution in [0.15, 0.2) is 11.4 Å². The Labute approximate surface area is 115 Å². The molecular weight excluding hydrogens is 242 g/mol. The van der Waals surface area contributed by atoms with E-state index < -0.39 is 0 Å². The fraction of sp³-hybridized carbons (Fsp3) is 0.714. The Bertz CT molecular complexity index is 364. The minimum Gasteiger partial charge on any atom is -0.311 e. The van der Waals surface area contributed by atoms with E-state index >= 15 is 0 Å². The number of nitrogens with one attached hydrogen (secondary N) is 1. The predicted molar refractivity (Wildman–Crippen MR) is 79.3 cm³/mol. The molecule has 102 valence electrons. The molecule has 2 rings (SSSR count).